The Labute approximate surface area is 113 Å². The highest BCUT2D eigenvalue weighted by atomic mass is 16.4. The zero-order valence-electron chi connectivity index (χ0n) is 12.1. The fourth-order valence-corrected chi connectivity index (χ4v) is 1.23. The molecular weight excluding hydrogens is 250 g/mol. The summed E-state index contributed by atoms with van der Waals surface area (Å²) in [5.41, 5.74) is -1.67. The fourth-order valence-electron chi connectivity index (χ4n) is 1.23. The van der Waals surface area contributed by atoms with E-state index in [1.54, 1.807) is 27.7 Å². The Kier molecular flexibility index (Phi) is 5.95. The molecule has 7 heteroatoms. The van der Waals surface area contributed by atoms with Crippen molar-refractivity contribution in [1.29, 1.82) is 0 Å². The van der Waals surface area contributed by atoms with Gasteiger partial charge in [0.1, 0.15) is 0 Å². The largest absolute Gasteiger partial charge is 0.481 e. The average molecular weight is 273 g/mol. The van der Waals surface area contributed by atoms with Gasteiger partial charge in [-0.15, -0.1) is 0 Å². The molecule has 0 aliphatic heterocycles. The van der Waals surface area contributed by atoms with E-state index in [4.69, 9.17) is 5.11 Å². The normalized spacial score (nSPS) is 11.8. The number of aliphatic carboxylic acids is 1. The van der Waals surface area contributed by atoms with Gasteiger partial charge in [-0.1, -0.05) is 0 Å². The molecule has 0 bridgehead atoms. The first kappa shape index (κ1) is 17.4. The van der Waals surface area contributed by atoms with Crippen molar-refractivity contribution in [1.82, 2.24) is 16.0 Å². The fraction of sp³-hybridized carbons (Fsp3) is 0.750. The van der Waals surface area contributed by atoms with E-state index in [0.717, 1.165) is 0 Å². The van der Waals surface area contributed by atoms with Gasteiger partial charge in [-0.05, 0) is 27.7 Å². The van der Waals surface area contributed by atoms with Gasteiger partial charge in [-0.25, -0.2) is 4.79 Å². The van der Waals surface area contributed by atoms with Gasteiger partial charge in [-0.3, -0.25) is 14.9 Å². The third-order valence-electron chi connectivity index (χ3n) is 3.50. The van der Waals surface area contributed by atoms with E-state index in [-0.39, 0.29) is 13.0 Å². The van der Waals surface area contributed by atoms with Crippen LogP contribution in [-0.2, 0) is 9.59 Å². The number of hydrogen-bond donors (Lipinski definition) is 4. The highest BCUT2D eigenvalue weighted by Crippen LogP contribution is 2.30. The molecule has 0 aromatic rings. The van der Waals surface area contributed by atoms with Crippen LogP contribution < -0.4 is 16.0 Å². The number of urea groups is 1. The summed E-state index contributed by atoms with van der Waals surface area (Å²) in [6.07, 6.45) is 0.0898. The lowest BCUT2D eigenvalue weighted by molar-refractivity contribution is -0.151. The Morgan fingerprint density at radius 1 is 1.11 bits per heavy atom. The van der Waals surface area contributed by atoms with Crippen LogP contribution in [0.3, 0.4) is 0 Å². The number of amides is 3. The third-order valence-corrected chi connectivity index (χ3v) is 3.50. The van der Waals surface area contributed by atoms with E-state index < -0.39 is 28.9 Å². The van der Waals surface area contributed by atoms with Gasteiger partial charge < -0.3 is 15.7 Å². The van der Waals surface area contributed by atoms with Crippen LogP contribution in [-0.4, -0.2) is 42.1 Å². The lowest BCUT2D eigenvalue weighted by Gasteiger charge is -2.39. The molecule has 0 heterocycles. The quantitative estimate of drug-likeness (QED) is 0.557. The van der Waals surface area contributed by atoms with Crippen LogP contribution in [0.4, 0.5) is 4.79 Å². The van der Waals surface area contributed by atoms with Crippen molar-refractivity contribution in [3.8, 4) is 0 Å². The van der Waals surface area contributed by atoms with E-state index in [0.29, 0.717) is 0 Å². The predicted molar refractivity (Wildman–Crippen MR) is 70.7 cm³/mol. The summed E-state index contributed by atoms with van der Waals surface area (Å²) in [7, 11) is 1.42. The number of rotatable bonds is 6. The summed E-state index contributed by atoms with van der Waals surface area (Å²) in [5.74, 6) is -1.34. The number of carbonyl (C=O) groups is 3. The van der Waals surface area contributed by atoms with Crippen LogP contribution >= 0.6 is 0 Å². The van der Waals surface area contributed by atoms with Gasteiger partial charge in [0.25, 0.3) is 0 Å². The molecule has 4 N–H and O–H groups in total. The summed E-state index contributed by atoms with van der Waals surface area (Å²) >= 11 is 0. The maximum atomic E-state index is 11.4. The summed E-state index contributed by atoms with van der Waals surface area (Å²) in [5, 5.41) is 16.6. The first-order chi connectivity index (χ1) is 8.54. The van der Waals surface area contributed by atoms with Crippen molar-refractivity contribution in [2.24, 2.45) is 5.41 Å². The number of carboxylic acid groups (broad SMARTS) is 1. The Hall–Kier alpha value is -1.63. The summed E-state index contributed by atoms with van der Waals surface area (Å²) < 4.78 is 0. The molecule has 0 spiro atoms. The van der Waals surface area contributed by atoms with Crippen molar-refractivity contribution >= 4 is 17.9 Å². The molecule has 0 aromatic carbocycles. The molecule has 0 radical (unpaired) electrons. The van der Waals surface area contributed by atoms with E-state index in [9.17, 15) is 14.4 Å². The van der Waals surface area contributed by atoms with E-state index in [2.05, 4.69) is 16.0 Å². The summed E-state index contributed by atoms with van der Waals surface area (Å²) in [6, 6.07) is -0.560. The second-order valence-electron chi connectivity index (χ2n) is 5.36. The topological polar surface area (TPSA) is 108 Å². The summed E-state index contributed by atoms with van der Waals surface area (Å²) in [4.78, 5) is 33.4. The molecule has 3 amide bonds. The monoisotopic (exact) mass is 273 g/mol. The third kappa shape index (κ3) is 4.86. The molecule has 7 nitrogen and oxygen atoms in total. The first-order valence-electron chi connectivity index (χ1n) is 6.04. The minimum absolute atomic E-state index is 0.0898. The molecule has 0 aromatic heterocycles. The van der Waals surface area contributed by atoms with E-state index >= 15 is 0 Å². The standard InChI is InChI=1S/C12H23N3O4/c1-11(2,9(17)18)12(3,4)14-7-6-8(16)15-10(19)13-5/h14H,6-7H2,1-5H3,(H,17,18)(H2,13,15,16,19). The van der Waals surface area contributed by atoms with Gasteiger partial charge in [-0.2, -0.15) is 0 Å². The van der Waals surface area contributed by atoms with Gasteiger partial charge in [0.05, 0.1) is 5.41 Å². The minimum Gasteiger partial charge on any atom is -0.481 e. The SMILES string of the molecule is CNC(=O)NC(=O)CCNC(C)(C)C(C)(C)C(=O)O. The number of carboxylic acids is 1. The Morgan fingerprint density at radius 3 is 2.05 bits per heavy atom. The molecule has 19 heavy (non-hydrogen) atoms. The smallest absolute Gasteiger partial charge is 0.321 e. The molecule has 0 aliphatic carbocycles. The number of carbonyl (C=O) groups excluding carboxylic acids is 2. The zero-order valence-corrected chi connectivity index (χ0v) is 12.1. The van der Waals surface area contributed by atoms with Crippen LogP contribution in [0.2, 0.25) is 0 Å². The van der Waals surface area contributed by atoms with Gasteiger partial charge in [0.15, 0.2) is 0 Å². The van der Waals surface area contributed by atoms with Gasteiger partial charge >= 0.3 is 12.0 Å². The van der Waals surface area contributed by atoms with E-state index in [1.165, 1.54) is 7.05 Å². The first-order valence-corrected chi connectivity index (χ1v) is 6.04. The van der Waals surface area contributed by atoms with Crippen molar-refractivity contribution in [2.45, 2.75) is 39.7 Å². The molecule has 0 aliphatic rings. The van der Waals surface area contributed by atoms with Crippen molar-refractivity contribution in [3.63, 3.8) is 0 Å². The Balaban J connectivity index is 4.30. The van der Waals surface area contributed by atoms with Gasteiger partial charge in [0, 0.05) is 25.6 Å². The molecule has 0 saturated carbocycles. The van der Waals surface area contributed by atoms with Crippen molar-refractivity contribution in [2.75, 3.05) is 13.6 Å². The maximum absolute atomic E-state index is 11.4. The Morgan fingerprint density at radius 2 is 1.63 bits per heavy atom. The Bertz CT molecular complexity index is 364. The number of hydrogen-bond acceptors (Lipinski definition) is 4. The molecule has 0 rings (SSSR count). The van der Waals surface area contributed by atoms with Gasteiger partial charge in [0.2, 0.25) is 5.91 Å². The lowest BCUT2D eigenvalue weighted by atomic mass is 9.74. The average Bonchev–Trinajstić information content (AvgIpc) is 2.27. The molecule has 110 valence electrons. The molecule has 0 fully saturated rings. The summed E-state index contributed by atoms with van der Waals surface area (Å²) in [6.45, 7) is 7.04. The highest BCUT2D eigenvalue weighted by molar-refractivity contribution is 5.94. The number of imide groups is 1. The van der Waals surface area contributed by atoms with Crippen molar-refractivity contribution in [3.05, 3.63) is 0 Å². The number of nitrogens with one attached hydrogen (secondary N) is 3. The van der Waals surface area contributed by atoms with Crippen LogP contribution in [0.25, 0.3) is 0 Å². The molecule has 0 saturated heterocycles. The van der Waals surface area contributed by atoms with E-state index in [1.807, 2.05) is 0 Å². The van der Waals surface area contributed by atoms with Crippen LogP contribution in [0.5, 0.6) is 0 Å². The zero-order chi connectivity index (χ0) is 15.3. The van der Waals surface area contributed by atoms with Crippen molar-refractivity contribution < 1.29 is 19.5 Å². The maximum Gasteiger partial charge on any atom is 0.321 e. The minimum atomic E-state index is -0.982. The van der Waals surface area contributed by atoms with Crippen LogP contribution in [0.15, 0.2) is 0 Å². The molecular formula is C12H23N3O4. The predicted octanol–water partition coefficient (Wildman–Crippen LogP) is 0.311. The van der Waals surface area contributed by atoms with Crippen LogP contribution in [0, 0.1) is 5.41 Å². The highest BCUT2D eigenvalue weighted by Gasteiger charge is 2.42. The van der Waals surface area contributed by atoms with Crippen LogP contribution in [0.1, 0.15) is 34.1 Å². The molecule has 0 unspecified atom stereocenters. The second-order valence-corrected chi connectivity index (χ2v) is 5.36. The lowest BCUT2D eigenvalue weighted by Crippen LogP contribution is -2.55. The molecule has 0 atom stereocenters. The second kappa shape index (κ2) is 6.51.